The minimum absolute atomic E-state index is 1.09. The first kappa shape index (κ1) is 15.9. The lowest BCUT2D eigenvalue weighted by molar-refractivity contribution is 0.922. The number of fused-ring (bicyclic) bond motifs is 1. The van der Waals surface area contributed by atoms with Gasteiger partial charge in [-0.1, -0.05) is 91.7 Å². The van der Waals surface area contributed by atoms with E-state index in [0.717, 1.165) is 12.8 Å². The van der Waals surface area contributed by atoms with Crippen LogP contribution in [0.3, 0.4) is 0 Å². The number of aryl methyl sites for hydroxylation is 1. The van der Waals surface area contributed by atoms with Gasteiger partial charge in [0.05, 0.1) is 0 Å². The molecule has 0 spiro atoms. The van der Waals surface area contributed by atoms with Crippen molar-refractivity contribution in [1.29, 1.82) is 0 Å². The normalized spacial score (nSPS) is 12.8. The molecule has 0 unspecified atom stereocenters. The summed E-state index contributed by atoms with van der Waals surface area (Å²) in [6.45, 7) is 4.51. The molecule has 0 radical (unpaired) electrons. The van der Waals surface area contributed by atoms with Gasteiger partial charge >= 0.3 is 0 Å². The number of rotatable bonds is 4. The van der Waals surface area contributed by atoms with Gasteiger partial charge in [-0.05, 0) is 58.7 Å². The lowest BCUT2D eigenvalue weighted by atomic mass is 9.86. The Morgan fingerprint density at radius 2 is 1.52 bits per heavy atom. The first-order valence-corrected chi connectivity index (χ1v) is 9.24. The molecule has 1 aliphatic carbocycles. The number of hydrogen-bond donors (Lipinski definition) is 0. The third-order valence-electron chi connectivity index (χ3n) is 5.08. The van der Waals surface area contributed by atoms with Crippen LogP contribution in [0.1, 0.15) is 37.0 Å². The van der Waals surface area contributed by atoms with Crippen LogP contribution in [0.25, 0.3) is 28.3 Å². The number of benzene rings is 3. The van der Waals surface area contributed by atoms with Crippen LogP contribution >= 0.6 is 0 Å². The molecular weight excluding hydrogens is 300 g/mol. The van der Waals surface area contributed by atoms with Crippen molar-refractivity contribution in [2.75, 3.05) is 0 Å². The summed E-state index contributed by atoms with van der Waals surface area (Å²) >= 11 is 0. The second-order valence-corrected chi connectivity index (χ2v) is 7.00. The van der Waals surface area contributed by atoms with Crippen molar-refractivity contribution in [3.05, 3.63) is 89.0 Å². The summed E-state index contributed by atoms with van der Waals surface area (Å²) in [5.41, 5.74) is 11.2. The molecule has 4 rings (SSSR count). The van der Waals surface area contributed by atoms with Crippen molar-refractivity contribution < 1.29 is 0 Å². The SMILES string of the molecule is CCCc1ccc2c(c1-c1ccccc1-c1ccccc1)C=C(C)C2. The molecule has 1 aliphatic rings. The van der Waals surface area contributed by atoms with Crippen LogP contribution in [-0.2, 0) is 12.8 Å². The van der Waals surface area contributed by atoms with Crippen LogP contribution in [0.4, 0.5) is 0 Å². The Labute approximate surface area is 150 Å². The standard InChI is InChI=1S/C25H24/c1-3-9-20-14-15-21-16-18(2)17-24(21)25(20)23-13-8-7-12-22(23)19-10-5-4-6-11-19/h4-8,10-15,17H,3,9,16H2,1-2H3. The molecule has 0 aromatic heterocycles. The van der Waals surface area contributed by atoms with Gasteiger partial charge in [0.2, 0.25) is 0 Å². The Hall–Kier alpha value is -2.60. The molecule has 124 valence electrons. The Kier molecular flexibility index (Phi) is 4.28. The summed E-state index contributed by atoms with van der Waals surface area (Å²) in [4.78, 5) is 0. The highest BCUT2D eigenvalue weighted by molar-refractivity contribution is 5.91. The molecule has 0 heterocycles. The lowest BCUT2D eigenvalue weighted by Crippen LogP contribution is -1.97. The largest absolute Gasteiger partial charge is 0.0683 e. The summed E-state index contributed by atoms with van der Waals surface area (Å²) in [5.74, 6) is 0. The number of allylic oxidation sites excluding steroid dienone is 1. The van der Waals surface area contributed by atoms with Crippen LogP contribution in [0.2, 0.25) is 0 Å². The van der Waals surface area contributed by atoms with Crippen LogP contribution < -0.4 is 0 Å². The zero-order valence-electron chi connectivity index (χ0n) is 15.0. The smallest absolute Gasteiger partial charge is 0.00604 e. The van der Waals surface area contributed by atoms with Gasteiger partial charge in [-0.3, -0.25) is 0 Å². The molecule has 0 atom stereocenters. The van der Waals surface area contributed by atoms with Gasteiger partial charge in [-0.15, -0.1) is 0 Å². The van der Waals surface area contributed by atoms with Gasteiger partial charge in [-0.25, -0.2) is 0 Å². The second kappa shape index (κ2) is 6.72. The average Bonchev–Trinajstić information content (AvgIpc) is 3.03. The predicted octanol–water partition coefficient (Wildman–Crippen LogP) is 6.93. The van der Waals surface area contributed by atoms with Crippen molar-refractivity contribution in [3.8, 4) is 22.3 Å². The van der Waals surface area contributed by atoms with Gasteiger partial charge in [0, 0.05) is 0 Å². The van der Waals surface area contributed by atoms with E-state index in [0.29, 0.717) is 0 Å². The molecule has 0 heteroatoms. The van der Waals surface area contributed by atoms with E-state index in [4.69, 9.17) is 0 Å². The summed E-state index contributed by atoms with van der Waals surface area (Å²) < 4.78 is 0. The Morgan fingerprint density at radius 1 is 0.800 bits per heavy atom. The molecule has 0 amide bonds. The van der Waals surface area contributed by atoms with Gasteiger partial charge in [0.1, 0.15) is 0 Å². The van der Waals surface area contributed by atoms with Crippen molar-refractivity contribution >= 4 is 6.08 Å². The summed E-state index contributed by atoms with van der Waals surface area (Å²) in [5, 5.41) is 0. The molecule has 0 saturated heterocycles. The molecule has 0 aliphatic heterocycles. The first-order valence-electron chi connectivity index (χ1n) is 9.24. The minimum Gasteiger partial charge on any atom is -0.0683 e. The van der Waals surface area contributed by atoms with Crippen LogP contribution in [0.5, 0.6) is 0 Å². The highest BCUT2D eigenvalue weighted by atomic mass is 14.2. The van der Waals surface area contributed by atoms with Crippen LogP contribution in [-0.4, -0.2) is 0 Å². The molecule has 0 saturated carbocycles. The Morgan fingerprint density at radius 3 is 2.28 bits per heavy atom. The maximum Gasteiger partial charge on any atom is -0.00604 e. The summed E-state index contributed by atoms with van der Waals surface area (Å²) in [6, 6.07) is 24.3. The quantitative estimate of drug-likeness (QED) is 0.488. The van der Waals surface area contributed by atoms with E-state index in [1.165, 1.54) is 50.9 Å². The highest BCUT2D eigenvalue weighted by Gasteiger charge is 2.19. The topological polar surface area (TPSA) is 0 Å². The molecule has 0 bridgehead atoms. The van der Waals surface area contributed by atoms with Gasteiger partial charge < -0.3 is 0 Å². The van der Waals surface area contributed by atoms with Gasteiger partial charge in [0.15, 0.2) is 0 Å². The van der Waals surface area contributed by atoms with Crippen molar-refractivity contribution in [2.24, 2.45) is 0 Å². The monoisotopic (exact) mass is 324 g/mol. The van der Waals surface area contributed by atoms with E-state index in [1.807, 2.05) is 0 Å². The van der Waals surface area contributed by atoms with E-state index in [-0.39, 0.29) is 0 Å². The fourth-order valence-corrected chi connectivity index (χ4v) is 3.99. The van der Waals surface area contributed by atoms with Crippen LogP contribution in [0, 0.1) is 0 Å². The van der Waals surface area contributed by atoms with E-state index >= 15 is 0 Å². The van der Waals surface area contributed by atoms with Gasteiger partial charge in [-0.2, -0.15) is 0 Å². The first-order chi connectivity index (χ1) is 12.3. The van der Waals surface area contributed by atoms with Crippen molar-refractivity contribution in [1.82, 2.24) is 0 Å². The van der Waals surface area contributed by atoms with E-state index in [2.05, 4.69) is 86.7 Å². The fraction of sp³-hybridized carbons (Fsp3) is 0.200. The fourth-order valence-electron chi connectivity index (χ4n) is 3.99. The second-order valence-electron chi connectivity index (χ2n) is 7.00. The third kappa shape index (κ3) is 2.93. The van der Waals surface area contributed by atoms with Gasteiger partial charge in [0.25, 0.3) is 0 Å². The molecule has 0 N–H and O–H groups in total. The minimum atomic E-state index is 1.09. The zero-order chi connectivity index (χ0) is 17.2. The summed E-state index contributed by atoms with van der Waals surface area (Å²) in [7, 11) is 0. The predicted molar refractivity (Wildman–Crippen MR) is 109 cm³/mol. The highest BCUT2D eigenvalue weighted by Crippen LogP contribution is 2.41. The molecule has 3 aromatic carbocycles. The van der Waals surface area contributed by atoms with E-state index in [1.54, 1.807) is 0 Å². The molecule has 0 fully saturated rings. The zero-order valence-corrected chi connectivity index (χ0v) is 15.0. The maximum absolute atomic E-state index is 2.39. The Bertz CT molecular complexity index is 930. The molecule has 3 aromatic rings. The molecular formula is C25H24. The average molecular weight is 324 g/mol. The van der Waals surface area contributed by atoms with Crippen molar-refractivity contribution in [2.45, 2.75) is 33.1 Å². The maximum atomic E-state index is 2.39. The lowest BCUT2D eigenvalue weighted by Gasteiger charge is -2.18. The molecule has 0 nitrogen and oxygen atoms in total. The van der Waals surface area contributed by atoms with Crippen molar-refractivity contribution in [3.63, 3.8) is 0 Å². The van der Waals surface area contributed by atoms with E-state index in [9.17, 15) is 0 Å². The Balaban J connectivity index is 1.99. The molecule has 25 heavy (non-hydrogen) atoms. The third-order valence-corrected chi connectivity index (χ3v) is 5.08. The summed E-state index contributed by atoms with van der Waals surface area (Å²) in [6.07, 6.45) is 5.77. The van der Waals surface area contributed by atoms with Crippen LogP contribution in [0.15, 0.2) is 72.3 Å². The van der Waals surface area contributed by atoms with E-state index < -0.39 is 0 Å². The number of hydrogen-bond acceptors (Lipinski definition) is 0.